The largest absolute Gasteiger partial charge is 0.417 e. The molecular weight excluding hydrogens is 345 g/mol. The van der Waals surface area contributed by atoms with Crippen LogP contribution in [0.25, 0.3) is 0 Å². The summed E-state index contributed by atoms with van der Waals surface area (Å²) in [5, 5.41) is 3.01. The molecule has 0 aliphatic carbocycles. The van der Waals surface area contributed by atoms with E-state index in [1.165, 1.54) is 0 Å². The Balaban J connectivity index is 1.80. The number of alkyl halides is 3. The number of hydrogen-bond acceptors (Lipinski definition) is 4. The molecule has 9 heteroatoms. The highest BCUT2D eigenvalue weighted by Crippen LogP contribution is 2.35. The van der Waals surface area contributed by atoms with Gasteiger partial charge in [-0.3, -0.25) is 0 Å². The maximum absolute atomic E-state index is 12.7. The predicted octanol–water partition coefficient (Wildman–Crippen LogP) is 3.91. The van der Waals surface area contributed by atoms with E-state index in [4.69, 9.17) is 16.3 Å². The number of hydrogen-bond donors (Lipinski definition) is 1. The van der Waals surface area contributed by atoms with Crippen LogP contribution in [0.4, 0.5) is 19.0 Å². The normalized spacial score (nSPS) is 21.2. The van der Waals surface area contributed by atoms with Crippen molar-refractivity contribution in [3.8, 4) is 0 Å². The van der Waals surface area contributed by atoms with E-state index in [0.29, 0.717) is 13.0 Å². The third-order valence-electron chi connectivity index (χ3n) is 3.93. The van der Waals surface area contributed by atoms with Gasteiger partial charge in [-0.05, 0) is 19.4 Å². The summed E-state index contributed by atoms with van der Waals surface area (Å²) in [7, 11) is 0. The van der Waals surface area contributed by atoms with Gasteiger partial charge in [0.15, 0.2) is 0 Å². The van der Waals surface area contributed by atoms with Crippen LogP contribution in [0.2, 0.25) is 5.02 Å². The van der Waals surface area contributed by atoms with Gasteiger partial charge in [0, 0.05) is 31.7 Å². The molecule has 2 aromatic rings. The molecule has 0 amide bonds. The number of imidazole rings is 1. The van der Waals surface area contributed by atoms with Gasteiger partial charge in [-0.2, -0.15) is 13.2 Å². The summed E-state index contributed by atoms with van der Waals surface area (Å²) < 4.78 is 45.8. The number of aromatic nitrogens is 3. The number of anilines is 1. The van der Waals surface area contributed by atoms with Crippen molar-refractivity contribution >= 4 is 17.4 Å². The number of halogens is 4. The first kappa shape index (κ1) is 17.0. The van der Waals surface area contributed by atoms with E-state index in [2.05, 4.69) is 15.3 Å². The second-order valence-corrected chi connectivity index (χ2v) is 5.86. The molecule has 1 aliphatic rings. The van der Waals surface area contributed by atoms with Crippen LogP contribution in [0, 0.1) is 0 Å². The summed E-state index contributed by atoms with van der Waals surface area (Å²) in [6.07, 6.45) is 0.227. The predicted molar refractivity (Wildman–Crippen MR) is 82.9 cm³/mol. The Labute approximate surface area is 141 Å². The van der Waals surface area contributed by atoms with E-state index in [-0.39, 0.29) is 23.0 Å². The van der Waals surface area contributed by atoms with E-state index in [1.807, 2.05) is 17.7 Å². The number of nitrogens with zero attached hydrogens (tertiary/aromatic N) is 3. The summed E-state index contributed by atoms with van der Waals surface area (Å²) >= 11 is 5.96. The third kappa shape index (κ3) is 3.34. The van der Waals surface area contributed by atoms with Crippen LogP contribution < -0.4 is 5.32 Å². The van der Waals surface area contributed by atoms with Crippen molar-refractivity contribution in [1.82, 2.24) is 14.5 Å². The molecule has 1 fully saturated rings. The van der Waals surface area contributed by atoms with Crippen molar-refractivity contribution in [1.29, 1.82) is 0 Å². The molecular formula is C15H16ClF3N4O. The molecule has 2 aromatic heterocycles. The lowest BCUT2D eigenvalue weighted by Crippen LogP contribution is -2.26. The van der Waals surface area contributed by atoms with Gasteiger partial charge in [0.2, 0.25) is 0 Å². The van der Waals surface area contributed by atoms with Gasteiger partial charge < -0.3 is 14.6 Å². The van der Waals surface area contributed by atoms with Gasteiger partial charge in [-0.25, -0.2) is 9.97 Å². The Morgan fingerprint density at radius 3 is 2.88 bits per heavy atom. The van der Waals surface area contributed by atoms with Crippen LogP contribution in [0.1, 0.15) is 30.8 Å². The molecule has 24 heavy (non-hydrogen) atoms. The van der Waals surface area contributed by atoms with Crippen molar-refractivity contribution < 1.29 is 17.9 Å². The molecule has 0 aromatic carbocycles. The Kier molecular flexibility index (Phi) is 4.69. The molecule has 3 heterocycles. The van der Waals surface area contributed by atoms with E-state index in [9.17, 15) is 13.2 Å². The van der Waals surface area contributed by atoms with Gasteiger partial charge >= 0.3 is 6.18 Å². The smallest absolute Gasteiger partial charge is 0.368 e. The van der Waals surface area contributed by atoms with Crippen LogP contribution in [0.15, 0.2) is 24.7 Å². The van der Waals surface area contributed by atoms with E-state index in [1.54, 1.807) is 6.20 Å². The van der Waals surface area contributed by atoms with Crippen molar-refractivity contribution in [3.05, 3.63) is 41.1 Å². The van der Waals surface area contributed by atoms with Crippen LogP contribution >= 0.6 is 11.6 Å². The number of nitrogens with one attached hydrogen (secondary N) is 1. The quantitative estimate of drug-likeness (QED) is 0.898. The molecule has 2 atom stereocenters. The first-order valence-corrected chi connectivity index (χ1v) is 7.90. The Hall–Kier alpha value is -1.80. The first-order valence-electron chi connectivity index (χ1n) is 7.52. The van der Waals surface area contributed by atoms with Gasteiger partial charge in [-0.15, -0.1) is 0 Å². The fraction of sp³-hybridized carbons (Fsp3) is 0.467. The molecule has 0 radical (unpaired) electrons. The van der Waals surface area contributed by atoms with Crippen LogP contribution in [-0.4, -0.2) is 27.2 Å². The Morgan fingerprint density at radius 2 is 2.21 bits per heavy atom. The molecule has 0 spiro atoms. The van der Waals surface area contributed by atoms with Crippen LogP contribution in [0.3, 0.4) is 0 Å². The Morgan fingerprint density at radius 1 is 1.42 bits per heavy atom. The topological polar surface area (TPSA) is 52.0 Å². The second kappa shape index (κ2) is 6.60. The van der Waals surface area contributed by atoms with E-state index in [0.717, 1.165) is 24.6 Å². The molecule has 1 N–H and O–H groups in total. The zero-order valence-electron chi connectivity index (χ0n) is 12.8. The minimum atomic E-state index is -4.47. The molecule has 3 rings (SSSR count). The van der Waals surface area contributed by atoms with Crippen LogP contribution in [-0.2, 0) is 17.5 Å². The van der Waals surface area contributed by atoms with Gasteiger partial charge in [0.05, 0.1) is 16.6 Å². The minimum Gasteiger partial charge on any atom is -0.368 e. The summed E-state index contributed by atoms with van der Waals surface area (Å²) in [5.74, 6) is 0.982. The maximum atomic E-state index is 12.7. The van der Waals surface area contributed by atoms with Gasteiger partial charge in [-0.1, -0.05) is 11.6 Å². The van der Waals surface area contributed by atoms with Crippen molar-refractivity contribution in [2.45, 2.75) is 38.2 Å². The van der Waals surface area contributed by atoms with Crippen molar-refractivity contribution in [2.75, 3.05) is 11.9 Å². The summed E-state index contributed by atoms with van der Waals surface area (Å²) in [4.78, 5) is 8.15. The zero-order chi connectivity index (χ0) is 17.3. The molecule has 130 valence electrons. The minimum absolute atomic E-state index is 0.0747. The third-order valence-corrected chi connectivity index (χ3v) is 4.21. The number of rotatable bonds is 4. The second-order valence-electron chi connectivity index (χ2n) is 5.45. The fourth-order valence-electron chi connectivity index (χ4n) is 2.71. The molecule has 0 saturated carbocycles. The zero-order valence-corrected chi connectivity index (χ0v) is 13.6. The van der Waals surface area contributed by atoms with Crippen molar-refractivity contribution in [3.63, 3.8) is 0 Å². The molecule has 1 saturated heterocycles. The van der Waals surface area contributed by atoms with Gasteiger partial charge in [0.1, 0.15) is 17.7 Å². The lowest BCUT2D eigenvalue weighted by molar-refractivity contribution is -0.137. The number of ether oxygens (including phenoxy) is 1. The van der Waals surface area contributed by atoms with Crippen molar-refractivity contribution in [2.24, 2.45) is 0 Å². The maximum Gasteiger partial charge on any atom is 0.417 e. The monoisotopic (exact) mass is 360 g/mol. The molecule has 0 bridgehead atoms. The highest BCUT2D eigenvalue weighted by Gasteiger charge is 2.35. The lowest BCUT2D eigenvalue weighted by Gasteiger charge is -2.21. The number of aryl methyl sites for hydroxylation is 1. The molecule has 1 aliphatic heterocycles. The average molecular weight is 361 g/mol. The first-order chi connectivity index (χ1) is 11.4. The van der Waals surface area contributed by atoms with E-state index >= 15 is 0 Å². The average Bonchev–Trinajstić information content (AvgIpc) is 3.16. The highest BCUT2D eigenvalue weighted by atomic mass is 35.5. The Bertz CT molecular complexity index is 719. The van der Waals surface area contributed by atoms with Crippen LogP contribution in [0.5, 0.6) is 0 Å². The van der Waals surface area contributed by atoms with E-state index < -0.39 is 11.7 Å². The summed E-state index contributed by atoms with van der Waals surface area (Å²) in [5.41, 5.74) is -0.876. The van der Waals surface area contributed by atoms with Gasteiger partial charge in [0.25, 0.3) is 0 Å². The molecule has 0 unspecified atom stereocenters. The summed E-state index contributed by atoms with van der Waals surface area (Å²) in [6, 6.07) is 0.703. The fourth-order valence-corrected chi connectivity index (χ4v) is 2.93. The summed E-state index contributed by atoms with van der Waals surface area (Å²) in [6.45, 7) is 3.27. The lowest BCUT2D eigenvalue weighted by atomic mass is 10.1. The molecule has 5 nitrogen and oxygen atoms in total. The highest BCUT2D eigenvalue weighted by molar-refractivity contribution is 6.33. The standard InChI is InChI=1S/C15H16ClF3N4O/c1-2-23-5-4-20-14(23)12-11(3-6-24-12)22-13-10(16)7-9(8-21-13)15(17,18)19/h4-5,7-8,11-12H,2-3,6H2,1H3,(H,21,22)/t11-,12-/m0/s1. The SMILES string of the molecule is CCn1ccnc1[C@H]1OCC[C@@H]1Nc1ncc(C(F)(F)F)cc1Cl. The number of pyridine rings is 1.